The van der Waals surface area contributed by atoms with Crippen LogP contribution in [0.25, 0.3) is 33.4 Å². The normalized spacial score (nSPS) is 15.6. The maximum Gasteiger partial charge on any atom is 0.0713 e. The first-order chi connectivity index (χ1) is 27.3. The minimum Gasteiger partial charge on any atom is -0.310 e. The summed E-state index contributed by atoms with van der Waals surface area (Å²) in [5.41, 5.74) is 21.4. The van der Waals surface area contributed by atoms with Gasteiger partial charge in [-0.1, -0.05) is 185 Å². The molecule has 11 rings (SSSR count). The Balaban J connectivity index is 1.19. The van der Waals surface area contributed by atoms with Crippen LogP contribution < -0.4 is 4.90 Å². The van der Waals surface area contributed by atoms with Crippen LogP contribution >= 0.6 is 0 Å². The molecule has 0 heterocycles. The fourth-order valence-electron chi connectivity index (χ4n) is 10.8. The van der Waals surface area contributed by atoms with Crippen LogP contribution in [-0.2, 0) is 16.2 Å². The minimum absolute atomic E-state index is 0.114. The molecule has 3 aliphatic rings. The molecule has 1 nitrogen and oxygen atoms in total. The molecule has 56 heavy (non-hydrogen) atoms. The smallest absolute Gasteiger partial charge is 0.0713 e. The highest BCUT2D eigenvalue weighted by Crippen LogP contribution is 2.59. The molecule has 0 saturated heterocycles. The van der Waals surface area contributed by atoms with Gasteiger partial charge in [0.2, 0.25) is 0 Å². The van der Waals surface area contributed by atoms with E-state index in [-0.39, 0.29) is 10.8 Å². The second-order valence-electron chi connectivity index (χ2n) is 16.9. The lowest BCUT2D eigenvalue weighted by Gasteiger charge is -2.34. The van der Waals surface area contributed by atoms with Crippen molar-refractivity contribution in [2.45, 2.75) is 43.9 Å². The average molecular weight is 718 g/mol. The van der Waals surface area contributed by atoms with E-state index in [1.54, 1.807) is 0 Å². The van der Waals surface area contributed by atoms with E-state index >= 15 is 0 Å². The fourth-order valence-corrected chi connectivity index (χ4v) is 10.8. The van der Waals surface area contributed by atoms with Crippen molar-refractivity contribution in [2.75, 3.05) is 4.90 Å². The first kappa shape index (κ1) is 32.9. The summed E-state index contributed by atoms with van der Waals surface area (Å²) in [4.78, 5) is 2.55. The molecule has 0 fully saturated rings. The van der Waals surface area contributed by atoms with E-state index in [1.807, 2.05) is 0 Å². The number of hydrogen-bond acceptors (Lipinski definition) is 1. The fraction of sp³-hybridized carbons (Fsp3) is 0.127. The maximum atomic E-state index is 2.55. The second-order valence-corrected chi connectivity index (χ2v) is 16.9. The zero-order valence-electron chi connectivity index (χ0n) is 32.3. The van der Waals surface area contributed by atoms with Gasteiger partial charge in [-0.05, 0) is 103 Å². The summed E-state index contributed by atoms with van der Waals surface area (Å²) < 4.78 is 0. The van der Waals surface area contributed by atoms with Gasteiger partial charge in [-0.15, -0.1) is 0 Å². The summed E-state index contributed by atoms with van der Waals surface area (Å²) in [5.74, 6) is 0. The molecule has 0 aromatic heterocycles. The molecule has 0 N–H and O–H groups in total. The minimum atomic E-state index is -0.446. The Bertz CT molecular complexity index is 2820. The topological polar surface area (TPSA) is 3.24 Å². The number of fused-ring (bicyclic) bond motifs is 9. The van der Waals surface area contributed by atoms with Gasteiger partial charge < -0.3 is 4.90 Å². The standard InChI is InChI=1S/C55H43N/c1-53(2)46-26-15-13-24-43(46)52-49(53)28-17-29-51(52)56(39-30-32-42-40-22-11-14-25-45(40)54(3,4)50(42)35-39)38-31-33-48-44(34-38)41-23-12-16-27-47(41)55(48,36-18-7-5-8-19-36)37-20-9-6-10-21-37/h5-35H,1-4H3. The number of rotatable bonds is 5. The summed E-state index contributed by atoms with van der Waals surface area (Å²) in [7, 11) is 0. The van der Waals surface area contributed by atoms with Gasteiger partial charge in [-0.3, -0.25) is 0 Å². The van der Waals surface area contributed by atoms with Crippen molar-refractivity contribution in [3.8, 4) is 33.4 Å². The largest absolute Gasteiger partial charge is 0.310 e. The van der Waals surface area contributed by atoms with Gasteiger partial charge in [-0.25, -0.2) is 0 Å². The van der Waals surface area contributed by atoms with E-state index in [2.05, 4.69) is 221 Å². The van der Waals surface area contributed by atoms with Gasteiger partial charge in [0.25, 0.3) is 0 Å². The number of nitrogens with zero attached hydrogens (tertiary/aromatic N) is 1. The SMILES string of the molecule is CC1(C)c2ccccc2-c2ccc(N(c3ccc4c(c3)-c3ccccc3C4(c3ccccc3)c3ccccc3)c3cccc4c3-c3ccccc3C4(C)C)cc21. The Kier molecular flexibility index (Phi) is 6.93. The van der Waals surface area contributed by atoms with E-state index in [9.17, 15) is 0 Å². The Morgan fingerprint density at radius 1 is 0.321 bits per heavy atom. The predicted molar refractivity (Wildman–Crippen MR) is 234 cm³/mol. The van der Waals surface area contributed by atoms with Crippen molar-refractivity contribution in [1.29, 1.82) is 0 Å². The van der Waals surface area contributed by atoms with E-state index < -0.39 is 5.41 Å². The molecule has 0 amide bonds. The Morgan fingerprint density at radius 3 is 1.46 bits per heavy atom. The lowest BCUT2D eigenvalue weighted by molar-refractivity contribution is 0.660. The van der Waals surface area contributed by atoms with Crippen molar-refractivity contribution in [1.82, 2.24) is 0 Å². The van der Waals surface area contributed by atoms with Crippen LogP contribution in [0.5, 0.6) is 0 Å². The molecule has 3 aliphatic carbocycles. The van der Waals surface area contributed by atoms with Crippen molar-refractivity contribution in [2.24, 2.45) is 0 Å². The van der Waals surface area contributed by atoms with Crippen LogP contribution in [0.2, 0.25) is 0 Å². The molecule has 0 aliphatic heterocycles. The highest BCUT2D eigenvalue weighted by Gasteiger charge is 2.46. The van der Waals surface area contributed by atoms with Crippen molar-refractivity contribution >= 4 is 17.1 Å². The highest BCUT2D eigenvalue weighted by atomic mass is 15.1. The average Bonchev–Trinajstić information content (AvgIpc) is 3.77. The molecule has 0 atom stereocenters. The zero-order valence-corrected chi connectivity index (χ0v) is 32.3. The summed E-state index contributed by atoms with van der Waals surface area (Å²) in [6.45, 7) is 9.51. The Hall–Kier alpha value is -6.44. The first-order valence-corrected chi connectivity index (χ1v) is 19.9. The van der Waals surface area contributed by atoms with Gasteiger partial charge in [-0.2, -0.15) is 0 Å². The van der Waals surface area contributed by atoms with Crippen LogP contribution in [0.15, 0.2) is 188 Å². The molecule has 0 saturated carbocycles. The van der Waals surface area contributed by atoms with Gasteiger partial charge in [0.15, 0.2) is 0 Å². The van der Waals surface area contributed by atoms with Crippen LogP contribution in [0.4, 0.5) is 17.1 Å². The Labute approximate surface area is 330 Å². The number of hydrogen-bond donors (Lipinski definition) is 0. The van der Waals surface area contributed by atoms with Crippen LogP contribution in [0.3, 0.4) is 0 Å². The van der Waals surface area contributed by atoms with Crippen LogP contribution in [0.1, 0.15) is 72.2 Å². The Morgan fingerprint density at radius 2 is 0.786 bits per heavy atom. The van der Waals surface area contributed by atoms with E-state index in [4.69, 9.17) is 0 Å². The van der Waals surface area contributed by atoms with Crippen molar-refractivity contribution in [3.05, 3.63) is 233 Å². The molecular weight excluding hydrogens is 675 g/mol. The van der Waals surface area contributed by atoms with Gasteiger partial charge in [0.05, 0.1) is 11.1 Å². The lowest BCUT2D eigenvalue weighted by atomic mass is 9.68. The van der Waals surface area contributed by atoms with E-state index in [0.29, 0.717) is 0 Å². The van der Waals surface area contributed by atoms with Crippen molar-refractivity contribution < 1.29 is 0 Å². The molecule has 0 spiro atoms. The predicted octanol–water partition coefficient (Wildman–Crippen LogP) is 14.1. The molecule has 268 valence electrons. The van der Waals surface area contributed by atoms with Crippen LogP contribution in [-0.4, -0.2) is 0 Å². The molecule has 0 radical (unpaired) electrons. The molecule has 0 bridgehead atoms. The van der Waals surface area contributed by atoms with E-state index in [1.165, 1.54) is 89.3 Å². The molecule has 8 aromatic rings. The summed E-state index contributed by atoms with van der Waals surface area (Å²) in [6.07, 6.45) is 0. The highest BCUT2D eigenvalue weighted by molar-refractivity contribution is 5.97. The van der Waals surface area contributed by atoms with Crippen LogP contribution in [0, 0.1) is 0 Å². The third-order valence-corrected chi connectivity index (χ3v) is 13.4. The second kappa shape index (κ2) is 11.8. The van der Waals surface area contributed by atoms with Crippen molar-refractivity contribution in [3.63, 3.8) is 0 Å². The number of benzene rings is 8. The molecule has 8 aromatic carbocycles. The molecular formula is C55H43N. The quantitative estimate of drug-likeness (QED) is 0.171. The third kappa shape index (κ3) is 4.32. The van der Waals surface area contributed by atoms with E-state index in [0.717, 1.165) is 5.69 Å². The summed E-state index contributed by atoms with van der Waals surface area (Å²) in [6, 6.07) is 70.6. The molecule has 0 unspecified atom stereocenters. The monoisotopic (exact) mass is 717 g/mol. The number of anilines is 3. The zero-order chi connectivity index (χ0) is 37.8. The maximum absolute atomic E-state index is 2.55. The lowest BCUT2D eigenvalue weighted by Crippen LogP contribution is -2.28. The van der Waals surface area contributed by atoms with Gasteiger partial charge >= 0.3 is 0 Å². The summed E-state index contributed by atoms with van der Waals surface area (Å²) in [5, 5.41) is 0. The first-order valence-electron chi connectivity index (χ1n) is 19.9. The van der Waals surface area contributed by atoms with Gasteiger partial charge in [0, 0.05) is 27.8 Å². The molecule has 1 heteroatoms. The van der Waals surface area contributed by atoms with Gasteiger partial charge in [0.1, 0.15) is 0 Å². The third-order valence-electron chi connectivity index (χ3n) is 13.4. The summed E-state index contributed by atoms with van der Waals surface area (Å²) >= 11 is 0.